The molecule has 0 aliphatic carbocycles. The van der Waals surface area contributed by atoms with Crippen LogP contribution >= 0.6 is 0 Å². The number of amides is 1. The second kappa shape index (κ2) is 7.72. The molecule has 1 amide bonds. The molecule has 3 aromatic rings. The lowest BCUT2D eigenvalue weighted by Crippen LogP contribution is -2.51. The predicted octanol–water partition coefficient (Wildman–Crippen LogP) is 2.21. The van der Waals surface area contributed by atoms with Gasteiger partial charge in [-0.1, -0.05) is 12.1 Å². The summed E-state index contributed by atoms with van der Waals surface area (Å²) in [5, 5.41) is 11.5. The Kier molecular flexibility index (Phi) is 4.98. The smallest absolute Gasteiger partial charge is 0.228 e. The molecule has 6 nitrogen and oxygen atoms in total. The van der Waals surface area contributed by atoms with Gasteiger partial charge in [-0.25, -0.2) is 0 Å². The summed E-state index contributed by atoms with van der Waals surface area (Å²) < 4.78 is 5.98. The van der Waals surface area contributed by atoms with Crippen LogP contribution in [0, 0.1) is 0 Å². The van der Waals surface area contributed by atoms with Crippen molar-refractivity contribution in [3.63, 3.8) is 0 Å². The maximum atomic E-state index is 12.5. The van der Waals surface area contributed by atoms with Crippen LogP contribution in [0.25, 0.3) is 10.9 Å². The quantitative estimate of drug-likeness (QED) is 0.769. The number of carbonyl (C=O) groups excluding carboxylic acids is 1. The Morgan fingerprint density at radius 1 is 1.15 bits per heavy atom. The molecule has 2 atom stereocenters. The minimum absolute atomic E-state index is 0.0268. The highest BCUT2D eigenvalue weighted by molar-refractivity contribution is 5.80. The number of benzene rings is 1. The minimum atomic E-state index is -0.731. The van der Waals surface area contributed by atoms with E-state index >= 15 is 0 Å². The molecule has 1 aliphatic rings. The molecule has 1 fully saturated rings. The van der Waals surface area contributed by atoms with Crippen LogP contribution in [0.5, 0.6) is 5.75 Å². The maximum absolute atomic E-state index is 12.5. The third-order valence-electron chi connectivity index (χ3n) is 4.80. The fraction of sp³-hybridized carbons (Fsp3) is 0.286. The van der Waals surface area contributed by atoms with Gasteiger partial charge in [0.2, 0.25) is 5.91 Å². The highest BCUT2D eigenvalue weighted by Gasteiger charge is 2.31. The van der Waals surface area contributed by atoms with Gasteiger partial charge in [-0.3, -0.25) is 14.8 Å². The first-order chi connectivity index (χ1) is 13.2. The molecular weight excluding hydrogens is 342 g/mol. The fourth-order valence-corrected chi connectivity index (χ4v) is 3.34. The number of β-amino-alcohol motifs (C(OH)–C–C–N with tert-alkyl or cyclic N) is 1. The van der Waals surface area contributed by atoms with Crippen LogP contribution in [0.3, 0.4) is 0 Å². The van der Waals surface area contributed by atoms with E-state index < -0.39 is 6.10 Å². The molecule has 2 aromatic heterocycles. The molecule has 0 radical (unpaired) electrons. The van der Waals surface area contributed by atoms with E-state index in [0.717, 1.165) is 16.6 Å². The van der Waals surface area contributed by atoms with Gasteiger partial charge in [-0.2, -0.15) is 0 Å². The zero-order chi connectivity index (χ0) is 18.6. The number of aromatic nitrogens is 2. The number of carbonyl (C=O) groups is 1. The first-order valence-electron chi connectivity index (χ1n) is 9.06. The molecule has 4 rings (SSSR count). The Morgan fingerprint density at radius 2 is 2.04 bits per heavy atom. The number of fused-ring (bicyclic) bond motifs is 1. The van der Waals surface area contributed by atoms with E-state index in [2.05, 4.69) is 9.97 Å². The molecule has 1 N–H and O–H groups in total. The summed E-state index contributed by atoms with van der Waals surface area (Å²) in [4.78, 5) is 22.6. The number of aliphatic hydroxyl groups excluding tert-OH is 1. The molecular formula is C21H21N3O3. The molecule has 27 heavy (non-hydrogen) atoms. The average Bonchev–Trinajstić information content (AvgIpc) is 2.70. The van der Waals surface area contributed by atoms with Crippen molar-refractivity contribution < 1.29 is 14.6 Å². The SMILES string of the molecule is O=C(Cc1ccccn1)N1CC[C@@H](Oc2ccc3cccnc3c2)[C@H](O)C1. The number of aliphatic hydroxyl groups is 1. The summed E-state index contributed by atoms with van der Waals surface area (Å²) in [5.74, 6) is 0.652. The average molecular weight is 363 g/mol. The first-order valence-corrected chi connectivity index (χ1v) is 9.06. The summed E-state index contributed by atoms with van der Waals surface area (Å²) in [6, 6.07) is 15.1. The van der Waals surface area contributed by atoms with Crippen LogP contribution in [0.2, 0.25) is 0 Å². The number of nitrogens with zero attached hydrogens (tertiary/aromatic N) is 3. The van der Waals surface area contributed by atoms with Crippen molar-refractivity contribution in [1.82, 2.24) is 14.9 Å². The van der Waals surface area contributed by atoms with E-state index in [4.69, 9.17) is 4.74 Å². The van der Waals surface area contributed by atoms with E-state index in [1.807, 2.05) is 48.5 Å². The van der Waals surface area contributed by atoms with Crippen LogP contribution in [0.4, 0.5) is 0 Å². The van der Waals surface area contributed by atoms with Crippen molar-refractivity contribution >= 4 is 16.8 Å². The number of ether oxygens (including phenoxy) is 1. The predicted molar refractivity (Wildman–Crippen MR) is 101 cm³/mol. The lowest BCUT2D eigenvalue weighted by molar-refractivity contribution is -0.136. The Hall–Kier alpha value is -2.99. The molecule has 1 aromatic carbocycles. The van der Waals surface area contributed by atoms with Crippen molar-refractivity contribution in [1.29, 1.82) is 0 Å². The van der Waals surface area contributed by atoms with Crippen molar-refractivity contribution in [2.24, 2.45) is 0 Å². The number of piperidine rings is 1. The Bertz CT molecular complexity index is 932. The Balaban J connectivity index is 1.37. The molecule has 0 saturated carbocycles. The normalized spacial score (nSPS) is 19.8. The molecule has 0 bridgehead atoms. The molecule has 0 unspecified atom stereocenters. The minimum Gasteiger partial charge on any atom is -0.488 e. The maximum Gasteiger partial charge on any atom is 0.228 e. The van der Waals surface area contributed by atoms with Crippen LogP contribution < -0.4 is 4.74 Å². The van der Waals surface area contributed by atoms with Gasteiger partial charge < -0.3 is 14.7 Å². The molecule has 1 saturated heterocycles. The van der Waals surface area contributed by atoms with E-state index in [1.165, 1.54) is 0 Å². The topological polar surface area (TPSA) is 75.6 Å². The molecule has 6 heteroatoms. The first kappa shape index (κ1) is 17.4. The molecule has 0 spiro atoms. The van der Waals surface area contributed by atoms with Gasteiger partial charge in [0.05, 0.1) is 18.5 Å². The van der Waals surface area contributed by atoms with Crippen molar-refractivity contribution in [3.8, 4) is 5.75 Å². The van der Waals surface area contributed by atoms with Crippen LogP contribution in [-0.2, 0) is 11.2 Å². The van der Waals surface area contributed by atoms with Gasteiger partial charge in [0, 0.05) is 42.5 Å². The second-order valence-electron chi connectivity index (χ2n) is 6.71. The summed E-state index contributed by atoms with van der Waals surface area (Å²) in [6.07, 6.45) is 3.17. The summed E-state index contributed by atoms with van der Waals surface area (Å²) in [6.45, 7) is 0.821. The lowest BCUT2D eigenvalue weighted by atomic mass is 10.0. The van der Waals surface area contributed by atoms with E-state index in [9.17, 15) is 9.90 Å². The van der Waals surface area contributed by atoms with Crippen LogP contribution in [0.15, 0.2) is 60.9 Å². The van der Waals surface area contributed by atoms with Gasteiger partial charge in [-0.15, -0.1) is 0 Å². The molecule has 138 valence electrons. The van der Waals surface area contributed by atoms with E-state index in [-0.39, 0.29) is 25.0 Å². The zero-order valence-electron chi connectivity index (χ0n) is 14.9. The number of rotatable bonds is 4. The molecule has 1 aliphatic heterocycles. The number of likely N-dealkylation sites (tertiary alicyclic amines) is 1. The second-order valence-corrected chi connectivity index (χ2v) is 6.71. The van der Waals surface area contributed by atoms with Gasteiger partial charge in [0.1, 0.15) is 18.0 Å². The highest BCUT2D eigenvalue weighted by atomic mass is 16.5. The van der Waals surface area contributed by atoms with E-state index in [1.54, 1.807) is 17.3 Å². The molecule has 3 heterocycles. The number of hydrogen-bond donors (Lipinski definition) is 1. The largest absolute Gasteiger partial charge is 0.488 e. The van der Waals surface area contributed by atoms with E-state index in [0.29, 0.717) is 18.7 Å². The Labute approximate surface area is 157 Å². The third-order valence-corrected chi connectivity index (χ3v) is 4.80. The zero-order valence-corrected chi connectivity index (χ0v) is 14.9. The standard InChI is InChI=1S/C21H21N3O3/c25-19-14-24(21(26)12-16-5-1-2-9-22-16)11-8-20(19)27-17-7-6-15-4-3-10-23-18(15)13-17/h1-7,9-10,13,19-20,25H,8,11-12,14H2/t19-,20-/m1/s1. The lowest BCUT2D eigenvalue weighted by Gasteiger charge is -2.36. The fourth-order valence-electron chi connectivity index (χ4n) is 3.34. The number of hydrogen-bond acceptors (Lipinski definition) is 5. The van der Waals surface area contributed by atoms with Gasteiger partial charge in [0.25, 0.3) is 0 Å². The van der Waals surface area contributed by atoms with Crippen molar-refractivity contribution in [2.45, 2.75) is 25.0 Å². The van der Waals surface area contributed by atoms with Crippen molar-refractivity contribution in [2.75, 3.05) is 13.1 Å². The Morgan fingerprint density at radius 3 is 2.85 bits per heavy atom. The number of pyridine rings is 2. The summed E-state index contributed by atoms with van der Waals surface area (Å²) in [7, 11) is 0. The highest BCUT2D eigenvalue weighted by Crippen LogP contribution is 2.23. The monoisotopic (exact) mass is 363 g/mol. The summed E-state index contributed by atoms with van der Waals surface area (Å²) in [5.41, 5.74) is 1.59. The summed E-state index contributed by atoms with van der Waals surface area (Å²) >= 11 is 0. The van der Waals surface area contributed by atoms with Crippen LogP contribution in [-0.4, -0.2) is 51.2 Å². The van der Waals surface area contributed by atoms with Crippen LogP contribution in [0.1, 0.15) is 12.1 Å². The van der Waals surface area contributed by atoms with Gasteiger partial charge >= 0.3 is 0 Å². The van der Waals surface area contributed by atoms with Gasteiger partial charge in [-0.05, 0) is 30.3 Å². The third kappa shape index (κ3) is 4.06. The van der Waals surface area contributed by atoms with Gasteiger partial charge in [0.15, 0.2) is 0 Å². The van der Waals surface area contributed by atoms with Crippen molar-refractivity contribution in [3.05, 3.63) is 66.6 Å².